The number of carbonyl (C=O) groups is 2. The van der Waals surface area contributed by atoms with Crippen LogP contribution in [-0.2, 0) is 9.53 Å². The van der Waals surface area contributed by atoms with Crippen molar-refractivity contribution in [2.45, 2.75) is 19.8 Å². The highest BCUT2D eigenvalue weighted by Crippen LogP contribution is 2.41. The molecule has 212 valence electrons. The highest BCUT2D eigenvalue weighted by molar-refractivity contribution is 8.27. The van der Waals surface area contributed by atoms with Gasteiger partial charge in [-0.15, -0.1) is 0 Å². The lowest BCUT2D eigenvalue weighted by atomic mass is 9.94. The van der Waals surface area contributed by atoms with Gasteiger partial charge in [-0.2, -0.15) is 0 Å². The molecular formula is C34H29NO5S2. The summed E-state index contributed by atoms with van der Waals surface area (Å²) < 4.78 is 11.0. The van der Waals surface area contributed by atoms with Gasteiger partial charge < -0.3 is 14.6 Å². The van der Waals surface area contributed by atoms with Crippen LogP contribution in [0.5, 0.6) is 5.75 Å². The number of esters is 1. The summed E-state index contributed by atoms with van der Waals surface area (Å²) in [7, 11) is 1.58. The van der Waals surface area contributed by atoms with Gasteiger partial charge in [-0.25, -0.2) is 4.79 Å². The van der Waals surface area contributed by atoms with E-state index in [0.717, 1.165) is 41.3 Å². The van der Waals surface area contributed by atoms with Crippen LogP contribution in [0.1, 0.15) is 35.7 Å². The van der Waals surface area contributed by atoms with Crippen molar-refractivity contribution < 1.29 is 24.2 Å². The average Bonchev–Trinajstić information content (AvgIpc) is 3.34. The summed E-state index contributed by atoms with van der Waals surface area (Å²) in [5, 5.41) is 11.5. The third-order valence-electron chi connectivity index (χ3n) is 6.84. The minimum absolute atomic E-state index is 0.119. The number of rotatable bonds is 9. The fourth-order valence-corrected chi connectivity index (χ4v) is 5.87. The van der Waals surface area contributed by atoms with E-state index in [2.05, 4.69) is 0 Å². The number of hydrogen-bond acceptors (Lipinski definition) is 7. The molecule has 4 aromatic carbocycles. The summed E-state index contributed by atoms with van der Waals surface area (Å²) in [6.07, 6.45) is 1.73. The maximum absolute atomic E-state index is 13.6. The third-order valence-corrected chi connectivity index (χ3v) is 8.20. The minimum Gasteiger partial charge on any atom is -0.506 e. The van der Waals surface area contributed by atoms with Crippen molar-refractivity contribution in [2.75, 3.05) is 18.6 Å². The van der Waals surface area contributed by atoms with Gasteiger partial charge in [0.05, 0.1) is 25.0 Å². The minimum atomic E-state index is -0.444. The molecule has 1 aliphatic heterocycles. The van der Waals surface area contributed by atoms with Crippen LogP contribution >= 0.6 is 24.0 Å². The molecule has 1 fully saturated rings. The van der Waals surface area contributed by atoms with E-state index >= 15 is 0 Å². The lowest BCUT2D eigenvalue weighted by Crippen LogP contribution is -2.27. The first-order valence-electron chi connectivity index (χ1n) is 13.5. The van der Waals surface area contributed by atoms with Crippen molar-refractivity contribution in [2.24, 2.45) is 0 Å². The van der Waals surface area contributed by atoms with E-state index < -0.39 is 11.9 Å². The summed E-state index contributed by atoms with van der Waals surface area (Å²) in [6.45, 7) is 2.38. The second-order valence-electron chi connectivity index (χ2n) is 9.58. The van der Waals surface area contributed by atoms with Crippen LogP contribution in [0.3, 0.4) is 0 Å². The van der Waals surface area contributed by atoms with E-state index in [1.165, 1.54) is 4.90 Å². The molecule has 1 saturated heterocycles. The Morgan fingerprint density at radius 1 is 0.905 bits per heavy atom. The molecule has 1 heterocycles. The summed E-state index contributed by atoms with van der Waals surface area (Å²) in [5.74, 6) is -0.414. The monoisotopic (exact) mass is 595 g/mol. The number of ether oxygens (including phenoxy) is 2. The molecule has 42 heavy (non-hydrogen) atoms. The molecule has 0 saturated carbocycles. The zero-order valence-corrected chi connectivity index (χ0v) is 24.8. The first kappa shape index (κ1) is 29.1. The first-order valence-corrected chi connectivity index (χ1v) is 14.7. The number of aliphatic hydroxyl groups excluding tert-OH is 1. The van der Waals surface area contributed by atoms with Crippen LogP contribution in [0, 0.1) is 0 Å². The fraction of sp³-hybridized carbons (Fsp3) is 0.147. The molecule has 0 radical (unpaired) electrons. The lowest BCUT2D eigenvalue weighted by molar-refractivity contribution is -0.113. The van der Waals surface area contributed by atoms with Gasteiger partial charge in [-0.3, -0.25) is 9.69 Å². The quantitative estimate of drug-likeness (QED) is 0.0686. The normalized spacial score (nSPS) is 14.2. The van der Waals surface area contributed by atoms with E-state index in [1.807, 2.05) is 67.6 Å². The van der Waals surface area contributed by atoms with E-state index in [-0.39, 0.29) is 15.0 Å². The summed E-state index contributed by atoms with van der Waals surface area (Å²) >= 11 is 6.58. The second-order valence-corrected chi connectivity index (χ2v) is 11.2. The Hall–Kier alpha value is -4.40. The molecule has 0 atom stereocenters. The lowest BCUT2D eigenvalue weighted by Gasteiger charge is -2.15. The number of hydrogen-bond donors (Lipinski definition) is 1. The Bertz CT molecular complexity index is 1670. The zero-order valence-electron chi connectivity index (χ0n) is 23.2. The van der Waals surface area contributed by atoms with Crippen molar-refractivity contribution in [3.05, 3.63) is 113 Å². The predicted molar refractivity (Wildman–Crippen MR) is 173 cm³/mol. The van der Waals surface area contributed by atoms with Gasteiger partial charge in [-0.05, 0) is 77.2 Å². The number of methoxy groups -OCH3 is 1. The molecule has 1 N–H and O–H groups in total. The Labute approximate surface area is 254 Å². The van der Waals surface area contributed by atoms with Crippen molar-refractivity contribution in [3.63, 3.8) is 0 Å². The highest BCUT2D eigenvalue weighted by Gasteiger charge is 2.37. The van der Waals surface area contributed by atoms with E-state index in [0.29, 0.717) is 34.7 Å². The Morgan fingerprint density at radius 2 is 1.62 bits per heavy atom. The van der Waals surface area contributed by atoms with Gasteiger partial charge in [-0.1, -0.05) is 85.9 Å². The number of thioether (sulfide) groups is 1. The van der Waals surface area contributed by atoms with Crippen molar-refractivity contribution >= 4 is 51.6 Å². The molecule has 0 aromatic heterocycles. The van der Waals surface area contributed by atoms with Crippen molar-refractivity contribution in [3.8, 4) is 28.0 Å². The third kappa shape index (κ3) is 6.10. The second kappa shape index (κ2) is 13.1. The highest BCUT2D eigenvalue weighted by atomic mass is 32.2. The number of unbranched alkanes of at least 4 members (excludes halogenated alkanes) is 1. The van der Waals surface area contributed by atoms with Crippen LogP contribution in [0.25, 0.3) is 28.0 Å². The molecule has 0 aliphatic carbocycles. The van der Waals surface area contributed by atoms with Gasteiger partial charge in [0.15, 0.2) is 4.32 Å². The molecule has 4 aromatic rings. The van der Waals surface area contributed by atoms with Crippen LogP contribution < -0.4 is 9.64 Å². The number of aliphatic hydroxyl groups is 1. The van der Waals surface area contributed by atoms with Crippen LogP contribution in [0.2, 0.25) is 0 Å². The maximum Gasteiger partial charge on any atom is 0.338 e. The van der Waals surface area contributed by atoms with Crippen molar-refractivity contribution in [1.29, 1.82) is 0 Å². The molecule has 5 rings (SSSR count). The van der Waals surface area contributed by atoms with E-state index in [1.54, 1.807) is 43.5 Å². The maximum atomic E-state index is 13.6. The molecule has 1 amide bonds. The van der Waals surface area contributed by atoms with Gasteiger partial charge in [0.2, 0.25) is 0 Å². The molecule has 6 nitrogen and oxygen atoms in total. The standard InChI is InChI=1S/C34H29NO5S2/c1-3-4-19-40-33(38)23-13-15-26(16-14-23)35-32(37)31(42-34(35)41)30(36)28-18-17-27(39-2)21-29(28)25-12-8-11-24(20-25)22-9-6-5-7-10-22/h5-18,20-21,36H,3-4,19H2,1-2H3. The molecule has 0 spiro atoms. The Morgan fingerprint density at radius 3 is 2.33 bits per heavy atom. The number of benzene rings is 4. The van der Waals surface area contributed by atoms with Crippen molar-refractivity contribution in [1.82, 2.24) is 0 Å². The molecule has 1 aliphatic rings. The molecule has 0 bridgehead atoms. The number of thiocarbonyl (C=S) groups is 1. The number of anilines is 1. The number of nitrogens with zero attached hydrogens (tertiary/aromatic N) is 1. The number of carbonyl (C=O) groups excluding carboxylic acids is 2. The topological polar surface area (TPSA) is 76.1 Å². The van der Waals surface area contributed by atoms with Gasteiger partial charge in [0.25, 0.3) is 5.91 Å². The SMILES string of the molecule is CCCCOC(=O)c1ccc(N2C(=O)C(=C(O)c3ccc(OC)cc3-c3cccc(-c4ccccc4)c3)SC2=S)cc1. The molecule has 8 heteroatoms. The number of amides is 1. The summed E-state index contributed by atoms with van der Waals surface area (Å²) in [6, 6.07) is 29.8. The molecule has 0 unspecified atom stereocenters. The Balaban J connectivity index is 1.48. The summed E-state index contributed by atoms with van der Waals surface area (Å²) in [5.41, 5.74) is 5.01. The first-order chi connectivity index (χ1) is 20.4. The largest absolute Gasteiger partial charge is 0.506 e. The molecular weight excluding hydrogens is 567 g/mol. The summed E-state index contributed by atoms with van der Waals surface area (Å²) in [4.78, 5) is 27.4. The van der Waals surface area contributed by atoms with Crippen LogP contribution in [0.4, 0.5) is 5.69 Å². The van der Waals surface area contributed by atoms with Crippen LogP contribution in [0.15, 0.2) is 102 Å². The van der Waals surface area contributed by atoms with Gasteiger partial charge >= 0.3 is 5.97 Å². The van der Waals surface area contributed by atoms with E-state index in [4.69, 9.17) is 21.7 Å². The van der Waals surface area contributed by atoms with Gasteiger partial charge in [0, 0.05) is 5.56 Å². The van der Waals surface area contributed by atoms with Crippen LogP contribution in [-0.4, -0.2) is 35.0 Å². The fourth-order valence-electron chi connectivity index (χ4n) is 4.59. The predicted octanol–water partition coefficient (Wildman–Crippen LogP) is 8.28. The zero-order chi connectivity index (χ0) is 29.6. The van der Waals surface area contributed by atoms with Gasteiger partial charge in [0.1, 0.15) is 16.4 Å². The van der Waals surface area contributed by atoms with E-state index in [9.17, 15) is 14.7 Å². The Kier molecular flexibility index (Phi) is 9.05. The smallest absolute Gasteiger partial charge is 0.338 e. The average molecular weight is 596 g/mol.